The van der Waals surface area contributed by atoms with Crippen LogP contribution in [0.25, 0.3) is 22.2 Å². The summed E-state index contributed by atoms with van der Waals surface area (Å²) in [5.41, 5.74) is 2.65. The van der Waals surface area contributed by atoms with Gasteiger partial charge in [0.25, 0.3) is 0 Å². The molecule has 0 N–H and O–H groups in total. The van der Waals surface area contributed by atoms with Crippen LogP contribution in [0.2, 0.25) is 0 Å². The SMILES string of the molecule is C=Cc1sc2c(C)cccc2c1/C=C\C. The van der Waals surface area contributed by atoms with Crippen molar-refractivity contribution in [2.45, 2.75) is 13.8 Å². The number of aryl methyl sites for hydroxylation is 1. The lowest BCUT2D eigenvalue weighted by atomic mass is 10.1. The van der Waals surface area contributed by atoms with E-state index in [2.05, 4.69) is 43.9 Å². The van der Waals surface area contributed by atoms with Crippen molar-refractivity contribution in [1.29, 1.82) is 0 Å². The molecule has 2 rings (SSSR count). The fourth-order valence-corrected chi connectivity index (χ4v) is 2.90. The molecule has 0 spiro atoms. The Kier molecular flexibility index (Phi) is 2.74. The third-order valence-electron chi connectivity index (χ3n) is 2.50. The predicted octanol–water partition coefficient (Wildman–Crippen LogP) is 4.89. The Morgan fingerprint density at radius 3 is 2.80 bits per heavy atom. The zero-order chi connectivity index (χ0) is 10.8. The third-order valence-corrected chi connectivity index (χ3v) is 3.85. The minimum atomic E-state index is 1.26. The van der Waals surface area contributed by atoms with Crippen molar-refractivity contribution in [2.24, 2.45) is 0 Å². The van der Waals surface area contributed by atoms with Crippen molar-refractivity contribution in [2.75, 3.05) is 0 Å². The molecule has 0 radical (unpaired) electrons. The molecular formula is C14H14S. The molecule has 1 heteroatoms. The molecule has 0 nitrogen and oxygen atoms in total. The van der Waals surface area contributed by atoms with Crippen LogP contribution < -0.4 is 0 Å². The molecule has 76 valence electrons. The minimum absolute atomic E-state index is 1.26. The van der Waals surface area contributed by atoms with Gasteiger partial charge in [0, 0.05) is 15.0 Å². The topological polar surface area (TPSA) is 0 Å². The average molecular weight is 214 g/mol. The summed E-state index contributed by atoms with van der Waals surface area (Å²) in [5, 5.41) is 1.34. The monoisotopic (exact) mass is 214 g/mol. The number of thiophene rings is 1. The van der Waals surface area contributed by atoms with E-state index < -0.39 is 0 Å². The molecule has 0 fully saturated rings. The van der Waals surface area contributed by atoms with Crippen molar-refractivity contribution >= 4 is 33.6 Å². The van der Waals surface area contributed by atoms with Crippen LogP contribution in [0.15, 0.2) is 30.9 Å². The summed E-state index contributed by atoms with van der Waals surface area (Å²) < 4.78 is 1.38. The van der Waals surface area contributed by atoms with Crippen molar-refractivity contribution in [3.05, 3.63) is 46.9 Å². The maximum Gasteiger partial charge on any atom is 0.0384 e. The quantitative estimate of drug-likeness (QED) is 0.668. The van der Waals surface area contributed by atoms with Crippen molar-refractivity contribution < 1.29 is 0 Å². The first-order valence-electron chi connectivity index (χ1n) is 5.05. The van der Waals surface area contributed by atoms with Crippen LogP contribution in [0.4, 0.5) is 0 Å². The largest absolute Gasteiger partial charge is 0.135 e. The molecule has 0 amide bonds. The first-order chi connectivity index (χ1) is 7.27. The predicted molar refractivity (Wildman–Crippen MR) is 71.4 cm³/mol. The molecule has 1 aromatic carbocycles. The average Bonchev–Trinajstić information content (AvgIpc) is 2.59. The van der Waals surface area contributed by atoms with Crippen LogP contribution in [0.3, 0.4) is 0 Å². The number of fused-ring (bicyclic) bond motifs is 1. The highest BCUT2D eigenvalue weighted by molar-refractivity contribution is 7.20. The van der Waals surface area contributed by atoms with Gasteiger partial charge < -0.3 is 0 Å². The van der Waals surface area contributed by atoms with Gasteiger partial charge in [-0.05, 0) is 25.0 Å². The zero-order valence-electron chi connectivity index (χ0n) is 9.08. The Balaban J connectivity index is 2.85. The molecular weight excluding hydrogens is 200 g/mol. The van der Waals surface area contributed by atoms with Crippen LogP contribution in [-0.4, -0.2) is 0 Å². The van der Waals surface area contributed by atoms with Gasteiger partial charge in [-0.2, -0.15) is 0 Å². The van der Waals surface area contributed by atoms with Gasteiger partial charge in [0.2, 0.25) is 0 Å². The van der Waals surface area contributed by atoms with Crippen molar-refractivity contribution in [1.82, 2.24) is 0 Å². The first kappa shape index (κ1) is 10.2. The van der Waals surface area contributed by atoms with Crippen LogP contribution >= 0.6 is 11.3 Å². The Hall–Kier alpha value is -1.34. The smallest absolute Gasteiger partial charge is 0.0384 e. The van der Waals surface area contributed by atoms with Crippen molar-refractivity contribution in [3.8, 4) is 0 Å². The van der Waals surface area contributed by atoms with Gasteiger partial charge in [-0.3, -0.25) is 0 Å². The fraction of sp³-hybridized carbons (Fsp3) is 0.143. The van der Waals surface area contributed by atoms with Gasteiger partial charge in [0.1, 0.15) is 0 Å². The van der Waals surface area contributed by atoms with E-state index in [0.717, 1.165) is 0 Å². The van der Waals surface area contributed by atoms with Crippen LogP contribution in [-0.2, 0) is 0 Å². The minimum Gasteiger partial charge on any atom is -0.135 e. The van der Waals surface area contributed by atoms with E-state index in [-0.39, 0.29) is 0 Å². The lowest BCUT2D eigenvalue weighted by Crippen LogP contribution is -1.73. The molecule has 0 aliphatic rings. The molecule has 2 aromatic rings. The summed E-state index contributed by atoms with van der Waals surface area (Å²) in [5.74, 6) is 0. The summed E-state index contributed by atoms with van der Waals surface area (Å²) in [6.07, 6.45) is 6.19. The fourth-order valence-electron chi connectivity index (χ4n) is 1.79. The number of benzene rings is 1. The number of allylic oxidation sites excluding steroid dienone is 1. The summed E-state index contributed by atoms with van der Waals surface area (Å²) in [7, 11) is 0. The summed E-state index contributed by atoms with van der Waals surface area (Å²) in [6.45, 7) is 8.08. The second kappa shape index (κ2) is 4.03. The van der Waals surface area contributed by atoms with E-state index in [0.29, 0.717) is 0 Å². The van der Waals surface area contributed by atoms with E-state index in [1.807, 2.05) is 24.3 Å². The number of hydrogen-bond acceptors (Lipinski definition) is 1. The van der Waals surface area contributed by atoms with Crippen LogP contribution in [0.5, 0.6) is 0 Å². The highest BCUT2D eigenvalue weighted by atomic mass is 32.1. The second-order valence-corrected chi connectivity index (χ2v) is 4.59. The Bertz CT molecular complexity index is 530. The van der Waals surface area contributed by atoms with E-state index in [9.17, 15) is 0 Å². The normalized spacial score (nSPS) is 11.3. The molecule has 0 bridgehead atoms. The summed E-state index contributed by atoms with van der Waals surface area (Å²) in [4.78, 5) is 1.26. The Labute approximate surface area is 94.6 Å². The van der Waals surface area contributed by atoms with Gasteiger partial charge >= 0.3 is 0 Å². The van der Waals surface area contributed by atoms with E-state index in [4.69, 9.17) is 0 Å². The van der Waals surface area contributed by atoms with Gasteiger partial charge in [0.15, 0.2) is 0 Å². The first-order valence-corrected chi connectivity index (χ1v) is 5.87. The standard InChI is InChI=1S/C14H14S/c1-4-7-11-12-9-6-8-10(3)14(12)15-13(11)5-2/h4-9H,2H2,1,3H3/b7-4-. The van der Waals surface area contributed by atoms with E-state index >= 15 is 0 Å². The molecule has 0 unspecified atom stereocenters. The Morgan fingerprint density at radius 2 is 2.13 bits per heavy atom. The highest BCUT2D eigenvalue weighted by Gasteiger charge is 2.08. The summed E-state index contributed by atoms with van der Waals surface area (Å²) in [6, 6.07) is 6.45. The van der Waals surface area contributed by atoms with E-state index in [1.54, 1.807) is 0 Å². The molecule has 0 saturated heterocycles. The highest BCUT2D eigenvalue weighted by Crippen LogP contribution is 2.34. The Morgan fingerprint density at radius 1 is 1.33 bits per heavy atom. The molecule has 0 aliphatic carbocycles. The van der Waals surface area contributed by atoms with Crippen molar-refractivity contribution in [3.63, 3.8) is 0 Å². The maximum atomic E-state index is 3.88. The number of rotatable bonds is 2. The summed E-state index contributed by atoms with van der Waals surface area (Å²) >= 11 is 1.82. The molecule has 1 aromatic heterocycles. The molecule has 15 heavy (non-hydrogen) atoms. The second-order valence-electron chi connectivity index (χ2n) is 3.54. The van der Waals surface area contributed by atoms with Gasteiger partial charge in [0.05, 0.1) is 0 Å². The zero-order valence-corrected chi connectivity index (χ0v) is 9.90. The third kappa shape index (κ3) is 1.64. The molecule has 0 aliphatic heterocycles. The maximum absolute atomic E-state index is 3.88. The van der Waals surface area contributed by atoms with Gasteiger partial charge in [-0.15, -0.1) is 11.3 Å². The van der Waals surface area contributed by atoms with Gasteiger partial charge in [-0.1, -0.05) is 43.0 Å². The number of hydrogen-bond donors (Lipinski definition) is 0. The lowest BCUT2D eigenvalue weighted by molar-refractivity contribution is 1.56. The molecule has 0 saturated carbocycles. The van der Waals surface area contributed by atoms with E-state index in [1.165, 1.54) is 26.1 Å². The van der Waals surface area contributed by atoms with Crippen LogP contribution in [0, 0.1) is 6.92 Å². The molecule has 0 atom stereocenters. The van der Waals surface area contributed by atoms with Gasteiger partial charge in [-0.25, -0.2) is 0 Å². The van der Waals surface area contributed by atoms with Crippen LogP contribution in [0.1, 0.15) is 22.9 Å². The molecule has 1 heterocycles. The lowest BCUT2D eigenvalue weighted by Gasteiger charge is -1.95.